The van der Waals surface area contributed by atoms with E-state index in [0.717, 1.165) is 0 Å². The van der Waals surface area contributed by atoms with Crippen molar-refractivity contribution in [1.29, 1.82) is 0 Å². The molecule has 6 nitrogen and oxygen atoms in total. The van der Waals surface area contributed by atoms with Crippen molar-refractivity contribution in [3.8, 4) is 0 Å². The molecule has 1 aromatic heterocycles. The lowest BCUT2D eigenvalue weighted by atomic mass is 10.2. The van der Waals surface area contributed by atoms with Crippen LogP contribution in [0.2, 0.25) is 0 Å². The number of aliphatic carboxylic acids is 1. The number of thiophene rings is 1. The van der Waals surface area contributed by atoms with E-state index >= 15 is 0 Å². The molecule has 19 heavy (non-hydrogen) atoms. The molecule has 0 aliphatic rings. The average Bonchev–Trinajstić information content (AvgIpc) is 2.89. The zero-order valence-electron chi connectivity index (χ0n) is 10.5. The summed E-state index contributed by atoms with van der Waals surface area (Å²) >= 11 is 1.42. The molecule has 0 saturated heterocycles. The fourth-order valence-corrected chi connectivity index (χ4v) is 2.03. The lowest BCUT2D eigenvalue weighted by molar-refractivity contribution is -0.141. The summed E-state index contributed by atoms with van der Waals surface area (Å²) < 4.78 is 0. The molecule has 0 saturated carbocycles. The van der Waals surface area contributed by atoms with Gasteiger partial charge in [-0.25, -0.2) is 4.79 Å². The number of carboxylic acids is 1. The van der Waals surface area contributed by atoms with Crippen LogP contribution in [0, 0.1) is 0 Å². The molecule has 3 N–H and O–H groups in total. The van der Waals surface area contributed by atoms with Gasteiger partial charge in [-0.1, -0.05) is 6.92 Å². The zero-order chi connectivity index (χ0) is 14.3. The standard InChI is InChI=1S/C12H16N2O4S/c1-2-9(12(17)18)14-10(15)3-5-13-11(16)8-4-6-19-7-8/h4,6-7,9H,2-3,5H2,1H3,(H,13,16)(H,14,15)(H,17,18)/t9-/m1/s1. The van der Waals surface area contributed by atoms with Crippen molar-refractivity contribution in [3.63, 3.8) is 0 Å². The van der Waals surface area contributed by atoms with Crippen molar-refractivity contribution < 1.29 is 19.5 Å². The van der Waals surface area contributed by atoms with Gasteiger partial charge in [0.25, 0.3) is 5.91 Å². The minimum Gasteiger partial charge on any atom is -0.480 e. The molecule has 1 heterocycles. The molecular weight excluding hydrogens is 268 g/mol. The molecule has 0 aromatic carbocycles. The van der Waals surface area contributed by atoms with Crippen LogP contribution >= 0.6 is 11.3 Å². The van der Waals surface area contributed by atoms with E-state index in [9.17, 15) is 14.4 Å². The Kier molecular flexibility index (Phi) is 6.01. The molecule has 0 spiro atoms. The molecule has 7 heteroatoms. The first-order valence-electron chi connectivity index (χ1n) is 5.87. The number of carbonyl (C=O) groups is 3. The quantitative estimate of drug-likeness (QED) is 0.691. The zero-order valence-corrected chi connectivity index (χ0v) is 11.3. The van der Waals surface area contributed by atoms with Gasteiger partial charge in [0.2, 0.25) is 5.91 Å². The van der Waals surface area contributed by atoms with Crippen molar-refractivity contribution in [2.45, 2.75) is 25.8 Å². The first-order chi connectivity index (χ1) is 9.04. The number of rotatable bonds is 7. The van der Waals surface area contributed by atoms with Crippen LogP contribution in [0.15, 0.2) is 16.8 Å². The Bertz CT molecular complexity index is 445. The molecule has 104 valence electrons. The van der Waals surface area contributed by atoms with Crippen LogP contribution in [-0.4, -0.2) is 35.5 Å². The van der Waals surface area contributed by atoms with E-state index in [0.29, 0.717) is 12.0 Å². The first kappa shape index (κ1) is 15.2. The van der Waals surface area contributed by atoms with E-state index in [1.54, 1.807) is 23.8 Å². The number of carboxylic acid groups (broad SMARTS) is 1. The summed E-state index contributed by atoms with van der Waals surface area (Å²) in [5, 5.41) is 17.3. The van der Waals surface area contributed by atoms with E-state index < -0.39 is 12.0 Å². The van der Waals surface area contributed by atoms with E-state index in [-0.39, 0.29) is 24.8 Å². The fourth-order valence-electron chi connectivity index (χ4n) is 1.39. The second kappa shape index (κ2) is 7.52. The minimum atomic E-state index is -1.06. The van der Waals surface area contributed by atoms with Crippen LogP contribution in [0.25, 0.3) is 0 Å². The summed E-state index contributed by atoms with van der Waals surface area (Å²) in [5.74, 6) is -1.68. The van der Waals surface area contributed by atoms with Gasteiger partial charge in [-0.05, 0) is 17.9 Å². The predicted octanol–water partition coefficient (Wildman–Crippen LogP) is 0.847. The molecular formula is C12H16N2O4S. The van der Waals surface area contributed by atoms with Gasteiger partial charge in [0, 0.05) is 23.9 Å². The first-order valence-corrected chi connectivity index (χ1v) is 6.81. The third-order valence-corrected chi connectivity index (χ3v) is 3.15. The average molecular weight is 284 g/mol. The van der Waals surface area contributed by atoms with Gasteiger partial charge in [-0.2, -0.15) is 11.3 Å². The highest BCUT2D eigenvalue weighted by molar-refractivity contribution is 7.08. The van der Waals surface area contributed by atoms with E-state index in [1.807, 2.05) is 0 Å². The lowest BCUT2D eigenvalue weighted by Crippen LogP contribution is -2.41. The van der Waals surface area contributed by atoms with Crippen molar-refractivity contribution in [2.24, 2.45) is 0 Å². The Morgan fingerprint density at radius 3 is 2.68 bits per heavy atom. The molecule has 0 bridgehead atoms. The Morgan fingerprint density at radius 1 is 1.42 bits per heavy atom. The van der Waals surface area contributed by atoms with Crippen LogP contribution in [0.4, 0.5) is 0 Å². The van der Waals surface area contributed by atoms with Crippen molar-refractivity contribution >= 4 is 29.1 Å². The summed E-state index contributed by atoms with van der Waals surface area (Å²) in [7, 11) is 0. The van der Waals surface area contributed by atoms with Crippen molar-refractivity contribution in [3.05, 3.63) is 22.4 Å². The Balaban J connectivity index is 2.27. The summed E-state index contributed by atoms with van der Waals surface area (Å²) in [6.07, 6.45) is 0.377. The maximum atomic E-state index is 11.5. The van der Waals surface area contributed by atoms with Crippen LogP contribution in [0.3, 0.4) is 0 Å². The smallest absolute Gasteiger partial charge is 0.326 e. The maximum Gasteiger partial charge on any atom is 0.326 e. The Labute approximate surface area is 114 Å². The Morgan fingerprint density at radius 2 is 2.16 bits per heavy atom. The highest BCUT2D eigenvalue weighted by Gasteiger charge is 2.17. The molecule has 0 aliphatic carbocycles. The van der Waals surface area contributed by atoms with E-state index in [1.165, 1.54) is 11.3 Å². The normalized spacial score (nSPS) is 11.6. The van der Waals surface area contributed by atoms with Crippen molar-refractivity contribution in [1.82, 2.24) is 10.6 Å². The van der Waals surface area contributed by atoms with Crippen LogP contribution in [-0.2, 0) is 9.59 Å². The molecule has 1 aromatic rings. The van der Waals surface area contributed by atoms with Crippen molar-refractivity contribution in [2.75, 3.05) is 6.54 Å². The van der Waals surface area contributed by atoms with Gasteiger partial charge in [-0.3, -0.25) is 9.59 Å². The molecule has 0 fully saturated rings. The van der Waals surface area contributed by atoms with Crippen LogP contribution in [0.1, 0.15) is 30.1 Å². The maximum absolute atomic E-state index is 11.5. The fraction of sp³-hybridized carbons (Fsp3) is 0.417. The van der Waals surface area contributed by atoms with Gasteiger partial charge in [0.15, 0.2) is 0 Å². The highest BCUT2D eigenvalue weighted by Crippen LogP contribution is 2.05. The largest absolute Gasteiger partial charge is 0.480 e. The van der Waals surface area contributed by atoms with Crippen LogP contribution < -0.4 is 10.6 Å². The monoisotopic (exact) mass is 284 g/mol. The molecule has 0 radical (unpaired) electrons. The molecule has 1 atom stereocenters. The summed E-state index contributed by atoms with van der Waals surface area (Å²) in [5.41, 5.74) is 0.558. The van der Waals surface area contributed by atoms with Gasteiger partial charge in [0.05, 0.1) is 0 Å². The summed E-state index contributed by atoms with van der Waals surface area (Å²) in [4.78, 5) is 33.7. The second-order valence-corrected chi connectivity index (χ2v) is 4.66. The van der Waals surface area contributed by atoms with E-state index in [4.69, 9.17) is 5.11 Å². The SMILES string of the molecule is CC[C@@H](NC(=O)CCNC(=O)c1ccsc1)C(=O)O. The lowest BCUT2D eigenvalue weighted by Gasteiger charge is -2.12. The topological polar surface area (TPSA) is 95.5 Å². The minimum absolute atomic E-state index is 0.0552. The number of nitrogens with one attached hydrogen (secondary N) is 2. The van der Waals surface area contributed by atoms with Gasteiger partial charge >= 0.3 is 5.97 Å². The highest BCUT2D eigenvalue weighted by atomic mass is 32.1. The number of amides is 2. The third-order valence-electron chi connectivity index (χ3n) is 2.46. The predicted molar refractivity (Wildman–Crippen MR) is 71.1 cm³/mol. The van der Waals surface area contributed by atoms with Gasteiger partial charge < -0.3 is 15.7 Å². The number of hydrogen-bond donors (Lipinski definition) is 3. The molecule has 1 rings (SSSR count). The number of carbonyl (C=O) groups excluding carboxylic acids is 2. The second-order valence-electron chi connectivity index (χ2n) is 3.88. The van der Waals surface area contributed by atoms with E-state index in [2.05, 4.69) is 10.6 Å². The molecule has 0 unspecified atom stereocenters. The molecule has 2 amide bonds. The number of hydrogen-bond acceptors (Lipinski definition) is 4. The third kappa shape index (κ3) is 5.09. The molecule has 0 aliphatic heterocycles. The van der Waals surface area contributed by atoms with Gasteiger partial charge in [-0.15, -0.1) is 0 Å². The summed E-state index contributed by atoms with van der Waals surface area (Å²) in [6.45, 7) is 1.86. The van der Waals surface area contributed by atoms with Crippen LogP contribution in [0.5, 0.6) is 0 Å². The van der Waals surface area contributed by atoms with Gasteiger partial charge in [0.1, 0.15) is 6.04 Å². The summed E-state index contributed by atoms with van der Waals surface area (Å²) in [6, 6.07) is 0.817. The Hall–Kier alpha value is -1.89.